The molecule has 0 fully saturated rings. The molecule has 0 bridgehead atoms. The highest BCUT2D eigenvalue weighted by Gasteiger charge is 2.27. The summed E-state index contributed by atoms with van der Waals surface area (Å²) >= 11 is 0. The predicted octanol–water partition coefficient (Wildman–Crippen LogP) is 4.19. The lowest BCUT2D eigenvalue weighted by atomic mass is 10.1. The quantitative estimate of drug-likeness (QED) is 0.450. The van der Waals surface area contributed by atoms with Crippen molar-refractivity contribution in [3.05, 3.63) is 59.3 Å². The Hall–Kier alpha value is -2.94. The number of hydrogen-bond acceptors (Lipinski definition) is 4. The number of benzene rings is 2. The molecule has 0 saturated heterocycles. The van der Waals surface area contributed by atoms with E-state index in [0.717, 1.165) is 49.1 Å². The van der Waals surface area contributed by atoms with Gasteiger partial charge in [-0.1, -0.05) is 19.9 Å². The summed E-state index contributed by atoms with van der Waals surface area (Å²) in [4.78, 5) is 18.6. The van der Waals surface area contributed by atoms with Crippen molar-refractivity contribution >= 4 is 44.2 Å². The van der Waals surface area contributed by atoms with E-state index in [0.29, 0.717) is 16.8 Å². The molecule has 180 valence electrons. The monoisotopic (exact) mass is 480 g/mol. The predicted molar refractivity (Wildman–Crippen MR) is 138 cm³/mol. The van der Waals surface area contributed by atoms with Crippen molar-refractivity contribution in [2.75, 3.05) is 39.0 Å². The van der Waals surface area contributed by atoms with Gasteiger partial charge in [0.2, 0.25) is 10.0 Å². The molecule has 34 heavy (non-hydrogen) atoms. The molecular weight excluding hydrogens is 448 g/mol. The molecule has 1 aromatic heterocycles. The minimum absolute atomic E-state index is 0.157. The molecule has 1 aliphatic heterocycles. The van der Waals surface area contributed by atoms with E-state index >= 15 is 0 Å². The van der Waals surface area contributed by atoms with E-state index in [1.165, 1.54) is 30.0 Å². The van der Waals surface area contributed by atoms with Gasteiger partial charge in [0, 0.05) is 41.9 Å². The van der Waals surface area contributed by atoms with Crippen LogP contribution >= 0.6 is 0 Å². The van der Waals surface area contributed by atoms with Gasteiger partial charge in [0.25, 0.3) is 5.91 Å². The summed E-state index contributed by atoms with van der Waals surface area (Å²) in [7, 11) is -0.616. The number of rotatable bonds is 9. The zero-order valence-electron chi connectivity index (χ0n) is 20.2. The molecule has 0 aliphatic carbocycles. The van der Waals surface area contributed by atoms with Gasteiger partial charge in [-0.2, -0.15) is 0 Å². The summed E-state index contributed by atoms with van der Waals surface area (Å²) in [6.07, 6.45) is 3.92. The number of aryl methyl sites for hydroxylation is 1. The molecule has 1 aliphatic rings. The number of aromatic nitrogens is 1. The van der Waals surface area contributed by atoms with Crippen LogP contribution in [0.25, 0.3) is 22.6 Å². The van der Waals surface area contributed by atoms with Crippen LogP contribution in [0, 0.1) is 0 Å². The van der Waals surface area contributed by atoms with E-state index in [4.69, 9.17) is 0 Å². The summed E-state index contributed by atoms with van der Waals surface area (Å²) in [5, 5.41) is 3.92. The number of sulfonamides is 1. The fourth-order valence-electron chi connectivity index (χ4n) is 4.32. The molecule has 0 radical (unpaired) electrons. The number of hydrogen-bond donors (Lipinski definition) is 2. The number of aromatic amines is 1. The van der Waals surface area contributed by atoms with Crippen molar-refractivity contribution in [2.45, 2.75) is 31.6 Å². The van der Waals surface area contributed by atoms with Gasteiger partial charge in [-0.25, -0.2) is 12.7 Å². The molecule has 0 spiro atoms. The first-order valence-electron chi connectivity index (χ1n) is 11.7. The minimum Gasteiger partial charge on any atom is -0.355 e. The normalized spacial score (nSPS) is 15.0. The summed E-state index contributed by atoms with van der Waals surface area (Å²) < 4.78 is 26.3. The lowest BCUT2D eigenvalue weighted by Gasteiger charge is -2.17. The molecular formula is C26H32N4O3S. The third-order valence-electron chi connectivity index (χ3n) is 6.39. The number of H-pyrrole nitrogens is 1. The Bertz CT molecular complexity index is 1350. The van der Waals surface area contributed by atoms with Crippen LogP contribution in [-0.2, 0) is 21.2 Å². The standard InChI is InChI=1S/C26H32N4O3S/c1-5-30(6-2)13-7-8-18-9-11-24-19(14-18)15-20(27-24)16-23-22-17-21(34(32,33)29(3)4)10-12-25(22)28-26(23)31/h9-12,14-17,27H,5-8,13H2,1-4H3,(H,28,31). The van der Waals surface area contributed by atoms with E-state index in [9.17, 15) is 13.2 Å². The Morgan fingerprint density at radius 1 is 1.00 bits per heavy atom. The van der Waals surface area contributed by atoms with Crippen LogP contribution < -0.4 is 5.32 Å². The number of carbonyl (C=O) groups excluding carboxylic acids is 1. The van der Waals surface area contributed by atoms with Gasteiger partial charge >= 0.3 is 0 Å². The largest absolute Gasteiger partial charge is 0.355 e. The van der Waals surface area contributed by atoms with Gasteiger partial charge in [-0.15, -0.1) is 0 Å². The van der Waals surface area contributed by atoms with Crippen molar-refractivity contribution in [3.63, 3.8) is 0 Å². The maximum atomic E-state index is 12.7. The second kappa shape index (κ2) is 9.74. The van der Waals surface area contributed by atoms with Crippen LogP contribution in [0.1, 0.15) is 37.1 Å². The van der Waals surface area contributed by atoms with Crippen LogP contribution in [0.5, 0.6) is 0 Å². The average molecular weight is 481 g/mol. The van der Waals surface area contributed by atoms with Crippen molar-refractivity contribution in [1.82, 2.24) is 14.2 Å². The molecule has 2 N–H and O–H groups in total. The van der Waals surface area contributed by atoms with Crippen LogP contribution in [0.2, 0.25) is 0 Å². The van der Waals surface area contributed by atoms with Crippen LogP contribution in [0.15, 0.2) is 47.4 Å². The summed E-state index contributed by atoms with van der Waals surface area (Å²) in [5.41, 5.74) is 4.73. The first-order valence-corrected chi connectivity index (χ1v) is 13.1. The first kappa shape index (κ1) is 24.2. The number of nitrogens with zero attached hydrogens (tertiary/aromatic N) is 2. The molecule has 7 nitrogen and oxygen atoms in total. The lowest BCUT2D eigenvalue weighted by molar-refractivity contribution is -0.110. The van der Waals surface area contributed by atoms with E-state index in [1.54, 1.807) is 18.2 Å². The van der Waals surface area contributed by atoms with Crippen molar-refractivity contribution in [1.29, 1.82) is 0 Å². The van der Waals surface area contributed by atoms with E-state index in [-0.39, 0.29) is 10.8 Å². The highest BCUT2D eigenvalue weighted by Crippen LogP contribution is 2.35. The maximum Gasteiger partial charge on any atom is 0.256 e. The van der Waals surface area contributed by atoms with Crippen LogP contribution in [-0.4, -0.2) is 62.2 Å². The van der Waals surface area contributed by atoms with Gasteiger partial charge in [-0.05, 0) is 80.5 Å². The lowest BCUT2D eigenvalue weighted by Crippen LogP contribution is -2.24. The molecule has 0 atom stereocenters. The smallest absolute Gasteiger partial charge is 0.256 e. The molecule has 1 amide bonds. The summed E-state index contributed by atoms with van der Waals surface area (Å²) in [6, 6.07) is 13.2. The fourth-order valence-corrected chi connectivity index (χ4v) is 5.25. The maximum absolute atomic E-state index is 12.7. The van der Waals surface area contributed by atoms with Crippen LogP contribution in [0.3, 0.4) is 0 Å². The van der Waals surface area contributed by atoms with E-state index in [2.05, 4.69) is 47.2 Å². The van der Waals surface area contributed by atoms with E-state index < -0.39 is 10.0 Å². The third kappa shape index (κ3) is 4.80. The number of carbonyl (C=O) groups is 1. The zero-order chi connectivity index (χ0) is 24.5. The van der Waals surface area contributed by atoms with Gasteiger partial charge in [0.1, 0.15) is 0 Å². The first-order chi connectivity index (χ1) is 16.2. The Morgan fingerprint density at radius 3 is 2.47 bits per heavy atom. The van der Waals surface area contributed by atoms with Gasteiger partial charge in [-0.3, -0.25) is 4.79 Å². The average Bonchev–Trinajstić information content (AvgIpc) is 3.36. The SMILES string of the molecule is CCN(CC)CCCc1ccc2[nH]c(C=C3C(=O)Nc4ccc(S(=O)(=O)N(C)C)cc43)cc2c1. The molecule has 2 aromatic carbocycles. The summed E-state index contributed by atoms with van der Waals surface area (Å²) in [6.45, 7) is 7.62. The van der Waals surface area contributed by atoms with Crippen molar-refractivity contribution in [2.24, 2.45) is 0 Å². The van der Waals surface area contributed by atoms with Crippen molar-refractivity contribution in [3.8, 4) is 0 Å². The molecule has 8 heteroatoms. The number of anilines is 1. The molecule has 4 rings (SSSR count). The fraction of sp³-hybridized carbons (Fsp3) is 0.346. The molecule has 0 unspecified atom stereocenters. The minimum atomic E-state index is -3.60. The Balaban J connectivity index is 1.60. The number of nitrogens with one attached hydrogen (secondary N) is 2. The van der Waals surface area contributed by atoms with Gasteiger partial charge in [0.05, 0.1) is 10.5 Å². The highest BCUT2D eigenvalue weighted by atomic mass is 32.2. The molecule has 0 saturated carbocycles. The third-order valence-corrected chi connectivity index (χ3v) is 8.20. The zero-order valence-corrected chi connectivity index (χ0v) is 21.0. The topological polar surface area (TPSA) is 85.5 Å². The Morgan fingerprint density at radius 2 is 1.76 bits per heavy atom. The molecule has 2 heterocycles. The van der Waals surface area contributed by atoms with Gasteiger partial charge < -0.3 is 15.2 Å². The molecule has 3 aromatic rings. The number of amides is 1. The summed E-state index contributed by atoms with van der Waals surface area (Å²) in [5.74, 6) is -0.245. The number of fused-ring (bicyclic) bond motifs is 2. The van der Waals surface area contributed by atoms with E-state index in [1.807, 2.05) is 6.07 Å². The Kier molecular flexibility index (Phi) is 6.93. The Labute approximate surface area is 201 Å². The van der Waals surface area contributed by atoms with Crippen molar-refractivity contribution < 1.29 is 13.2 Å². The van der Waals surface area contributed by atoms with Gasteiger partial charge in [0.15, 0.2) is 0 Å². The second-order valence-electron chi connectivity index (χ2n) is 8.78. The second-order valence-corrected chi connectivity index (χ2v) is 10.9. The highest BCUT2D eigenvalue weighted by molar-refractivity contribution is 7.89. The van der Waals surface area contributed by atoms with Crippen LogP contribution in [0.4, 0.5) is 5.69 Å².